The molecular formula is C27H30N2OSi. The summed E-state index contributed by atoms with van der Waals surface area (Å²) in [6.07, 6.45) is 3.30. The molecule has 0 aliphatic rings. The van der Waals surface area contributed by atoms with Gasteiger partial charge in [-0.2, -0.15) is 5.26 Å². The molecule has 3 rings (SSSR count). The molecule has 0 N–H and O–H groups in total. The van der Waals surface area contributed by atoms with Crippen LogP contribution >= 0.6 is 0 Å². The van der Waals surface area contributed by atoms with E-state index in [4.69, 9.17) is 9.68 Å². The van der Waals surface area contributed by atoms with Crippen LogP contribution < -0.4 is 15.6 Å². The van der Waals surface area contributed by atoms with Crippen LogP contribution in [0, 0.1) is 17.2 Å². The number of benzene rings is 3. The van der Waals surface area contributed by atoms with Gasteiger partial charge in [0.25, 0.3) is 0 Å². The van der Waals surface area contributed by atoms with Crippen molar-refractivity contribution in [2.45, 2.75) is 39.5 Å². The van der Waals surface area contributed by atoms with Crippen LogP contribution in [0.25, 0.3) is 0 Å². The SMILES string of the molecule is CCCC(C#N)CC(CC)=NO[Si](c1ccccc1)(c1ccccc1)c1ccccc1. The maximum absolute atomic E-state index is 9.53. The van der Waals surface area contributed by atoms with Crippen LogP contribution in [0.3, 0.4) is 0 Å². The second kappa shape index (κ2) is 11.3. The van der Waals surface area contributed by atoms with Gasteiger partial charge in [0.2, 0.25) is 0 Å². The van der Waals surface area contributed by atoms with Crippen LogP contribution in [0.2, 0.25) is 0 Å². The lowest BCUT2D eigenvalue weighted by Gasteiger charge is -2.30. The summed E-state index contributed by atoms with van der Waals surface area (Å²) in [6, 6.07) is 33.7. The van der Waals surface area contributed by atoms with Crippen molar-refractivity contribution in [2.24, 2.45) is 11.1 Å². The number of hydrogen-bond donors (Lipinski definition) is 0. The molecule has 0 bridgehead atoms. The van der Waals surface area contributed by atoms with Crippen molar-refractivity contribution in [3.63, 3.8) is 0 Å². The molecular weight excluding hydrogens is 396 g/mol. The predicted octanol–water partition coefficient (Wildman–Crippen LogP) is 4.77. The fraction of sp³-hybridized carbons (Fsp3) is 0.259. The van der Waals surface area contributed by atoms with E-state index in [1.54, 1.807) is 0 Å². The molecule has 0 heterocycles. The molecule has 0 amide bonds. The Bertz CT molecular complexity index is 901. The molecule has 1 atom stereocenters. The summed E-state index contributed by atoms with van der Waals surface area (Å²) in [5.41, 5.74) is 0.944. The minimum absolute atomic E-state index is 0.0199. The number of rotatable bonds is 10. The molecule has 4 heteroatoms. The van der Waals surface area contributed by atoms with Gasteiger partial charge in [-0.25, -0.2) is 0 Å². The fourth-order valence-electron chi connectivity index (χ4n) is 3.90. The quantitative estimate of drug-likeness (QED) is 0.203. The molecule has 31 heavy (non-hydrogen) atoms. The first kappa shape index (κ1) is 22.5. The molecule has 3 nitrogen and oxygen atoms in total. The van der Waals surface area contributed by atoms with Crippen LogP contribution in [0.4, 0.5) is 0 Å². The summed E-state index contributed by atoms with van der Waals surface area (Å²) in [4.78, 5) is 0. The molecule has 0 spiro atoms. The first-order chi connectivity index (χ1) is 15.2. The van der Waals surface area contributed by atoms with Crippen LogP contribution in [-0.4, -0.2) is 14.0 Å². The van der Waals surface area contributed by atoms with Crippen LogP contribution in [-0.2, 0) is 4.53 Å². The van der Waals surface area contributed by atoms with E-state index in [0.717, 1.165) is 40.5 Å². The molecule has 3 aromatic carbocycles. The first-order valence-corrected chi connectivity index (χ1v) is 13.0. The van der Waals surface area contributed by atoms with Crippen molar-refractivity contribution in [1.29, 1.82) is 5.26 Å². The monoisotopic (exact) mass is 426 g/mol. The van der Waals surface area contributed by atoms with E-state index in [2.05, 4.69) is 92.7 Å². The van der Waals surface area contributed by atoms with Crippen molar-refractivity contribution < 1.29 is 4.53 Å². The van der Waals surface area contributed by atoms with Gasteiger partial charge in [0.1, 0.15) is 0 Å². The van der Waals surface area contributed by atoms with Gasteiger partial charge in [-0.15, -0.1) is 5.16 Å². The minimum atomic E-state index is -2.85. The van der Waals surface area contributed by atoms with Gasteiger partial charge in [-0.1, -0.05) is 111 Å². The molecule has 0 radical (unpaired) electrons. The summed E-state index contributed by atoms with van der Waals surface area (Å²) in [5.74, 6) is -0.0199. The topological polar surface area (TPSA) is 45.4 Å². The summed E-state index contributed by atoms with van der Waals surface area (Å²) in [6.45, 7) is 4.20. The second-order valence-electron chi connectivity index (χ2n) is 7.70. The zero-order valence-electron chi connectivity index (χ0n) is 18.4. The van der Waals surface area contributed by atoms with E-state index < -0.39 is 8.32 Å². The lowest BCUT2D eigenvalue weighted by atomic mass is 9.98. The third-order valence-corrected chi connectivity index (χ3v) is 9.37. The Kier molecular flexibility index (Phi) is 8.20. The van der Waals surface area contributed by atoms with Gasteiger partial charge in [-0.05, 0) is 28.4 Å². The Balaban J connectivity index is 2.13. The van der Waals surface area contributed by atoms with E-state index in [1.807, 2.05) is 18.2 Å². The highest BCUT2D eigenvalue weighted by atomic mass is 28.4. The Morgan fingerprint density at radius 2 is 1.29 bits per heavy atom. The number of nitrogens with zero attached hydrogens (tertiary/aromatic N) is 2. The molecule has 0 aromatic heterocycles. The molecule has 0 saturated carbocycles. The zero-order chi connectivity index (χ0) is 21.9. The molecule has 0 aliphatic heterocycles. The van der Waals surface area contributed by atoms with Crippen molar-refractivity contribution in [3.05, 3.63) is 91.0 Å². The van der Waals surface area contributed by atoms with E-state index in [-0.39, 0.29) is 5.92 Å². The van der Waals surface area contributed by atoms with Crippen molar-refractivity contribution in [1.82, 2.24) is 0 Å². The predicted molar refractivity (Wildman–Crippen MR) is 131 cm³/mol. The molecule has 0 aliphatic carbocycles. The Morgan fingerprint density at radius 1 is 0.839 bits per heavy atom. The lowest BCUT2D eigenvalue weighted by Crippen LogP contribution is -2.68. The normalized spacial score (nSPS) is 12.7. The molecule has 158 valence electrons. The Hall–Kier alpha value is -3.16. The summed E-state index contributed by atoms with van der Waals surface area (Å²) in [5, 5.41) is 17.7. The standard InChI is InChI=1S/C27H30N2OSi/c1-3-14-23(22-28)21-24(4-2)29-30-31(25-15-8-5-9-16-25,26-17-10-6-11-18-26)27-19-12-7-13-20-27/h5-13,15-20,23H,3-4,14,21H2,1-2H3. The first-order valence-electron chi connectivity index (χ1n) is 11.0. The van der Waals surface area contributed by atoms with Gasteiger partial charge in [-0.3, -0.25) is 0 Å². The summed E-state index contributed by atoms with van der Waals surface area (Å²) in [7, 11) is -2.85. The largest absolute Gasteiger partial charge is 0.438 e. The van der Waals surface area contributed by atoms with E-state index >= 15 is 0 Å². The van der Waals surface area contributed by atoms with Gasteiger partial charge in [0.05, 0.1) is 17.7 Å². The zero-order valence-corrected chi connectivity index (χ0v) is 19.4. The maximum Gasteiger partial charge on any atom is 0.380 e. The van der Waals surface area contributed by atoms with Crippen molar-refractivity contribution >= 4 is 29.6 Å². The van der Waals surface area contributed by atoms with Gasteiger partial charge >= 0.3 is 8.32 Å². The number of hydrogen-bond acceptors (Lipinski definition) is 3. The number of oxime groups is 1. The summed E-state index contributed by atoms with van der Waals surface area (Å²) >= 11 is 0. The maximum atomic E-state index is 9.53. The average Bonchev–Trinajstić information content (AvgIpc) is 2.85. The fourth-order valence-corrected chi connectivity index (χ4v) is 7.47. The average molecular weight is 427 g/mol. The highest BCUT2D eigenvalue weighted by Crippen LogP contribution is 2.15. The highest BCUT2D eigenvalue weighted by molar-refractivity contribution is 7.07. The molecule has 0 fully saturated rings. The van der Waals surface area contributed by atoms with Gasteiger partial charge in [0, 0.05) is 6.42 Å². The molecule has 1 unspecified atom stereocenters. The van der Waals surface area contributed by atoms with E-state index in [9.17, 15) is 5.26 Å². The van der Waals surface area contributed by atoms with Crippen molar-refractivity contribution in [3.8, 4) is 6.07 Å². The lowest BCUT2D eigenvalue weighted by molar-refractivity contribution is 0.344. The second-order valence-corrected chi connectivity index (χ2v) is 11.0. The van der Waals surface area contributed by atoms with Crippen molar-refractivity contribution in [2.75, 3.05) is 0 Å². The Labute approximate surface area is 187 Å². The van der Waals surface area contributed by atoms with E-state index in [1.165, 1.54) is 0 Å². The smallest absolute Gasteiger partial charge is 0.380 e. The van der Waals surface area contributed by atoms with Crippen LogP contribution in [0.1, 0.15) is 39.5 Å². The van der Waals surface area contributed by atoms with E-state index in [0.29, 0.717) is 6.42 Å². The molecule has 3 aromatic rings. The molecule has 0 saturated heterocycles. The third-order valence-electron chi connectivity index (χ3n) is 5.56. The summed E-state index contributed by atoms with van der Waals surface area (Å²) < 4.78 is 6.68. The van der Waals surface area contributed by atoms with Gasteiger partial charge in [0.15, 0.2) is 0 Å². The number of nitriles is 1. The van der Waals surface area contributed by atoms with Crippen LogP contribution in [0.5, 0.6) is 0 Å². The third kappa shape index (κ3) is 5.31. The Morgan fingerprint density at radius 3 is 1.65 bits per heavy atom. The highest BCUT2D eigenvalue weighted by Gasteiger charge is 2.45. The minimum Gasteiger partial charge on any atom is -0.438 e. The van der Waals surface area contributed by atoms with Gasteiger partial charge < -0.3 is 4.53 Å². The van der Waals surface area contributed by atoms with Crippen LogP contribution in [0.15, 0.2) is 96.2 Å².